The van der Waals surface area contributed by atoms with Crippen LogP contribution in [-0.4, -0.2) is 30.1 Å². The van der Waals surface area contributed by atoms with Gasteiger partial charge in [0.05, 0.1) is 0 Å². The van der Waals surface area contributed by atoms with Gasteiger partial charge >= 0.3 is 0 Å². The molecule has 15 heavy (non-hydrogen) atoms. The Bertz CT molecular complexity index is 166. The Hall–Kier alpha value is -0.0800. The molecule has 2 unspecified atom stereocenters. The number of unbranched alkanes of at least 4 members (excludes halogenated alkanes) is 1. The Balaban J connectivity index is 2.51. The van der Waals surface area contributed by atoms with Crippen LogP contribution in [0.2, 0.25) is 0 Å². The van der Waals surface area contributed by atoms with Gasteiger partial charge in [0.2, 0.25) is 0 Å². The highest BCUT2D eigenvalue weighted by molar-refractivity contribution is 4.90. The maximum absolute atomic E-state index is 5.94. The second-order valence-electron chi connectivity index (χ2n) is 4.99. The second kappa shape index (κ2) is 6.49. The SMILES string of the molecule is CCCCN(C(C)CC)C(CN)C1CC1. The number of hydrogen-bond donors (Lipinski definition) is 1. The zero-order chi connectivity index (χ0) is 11.3. The lowest BCUT2D eigenvalue weighted by atomic mass is 10.1. The van der Waals surface area contributed by atoms with Crippen LogP contribution in [0.1, 0.15) is 52.9 Å². The lowest BCUT2D eigenvalue weighted by Crippen LogP contribution is -2.47. The molecular weight excluding hydrogens is 184 g/mol. The highest BCUT2D eigenvalue weighted by Crippen LogP contribution is 2.36. The van der Waals surface area contributed by atoms with Gasteiger partial charge in [0.1, 0.15) is 0 Å². The summed E-state index contributed by atoms with van der Waals surface area (Å²) in [5, 5.41) is 0. The van der Waals surface area contributed by atoms with E-state index in [4.69, 9.17) is 5.73 Å². The molecule has 0 amide bonds. The maximum Gasteiger partial charge on any atom is 0.0249 e. The van der Waals surface area contributed by atoms with E-state index in [2.05, 4.69) is 25.7 Å². The van der Waals surface area contributed by atoms with Crippen LogP contribution in [0.5, 0.6) is 0 Å². The molecule has 0 radical (unpaired) electrons. The lowest BCUT2D eigenvalue weighted by Gasteiger charge is -2.36. The molecule has 2 nitrogen and oxygen atoms in total. The van der Waals surface area contributed by atoms with Gasteiger partial charge < -0.3 is 5.73 Å². The lowest BCUT2D eigenvalue weighted by molar-refractivity contribution is 0.125. The van der Waals surface area contributed by atoms with Crippen LogP contribution in [0.3, 0.4) is 0 Å². The Kier molecular flexibility index (Phi) is 5.62. The minimum atomic E-state index is 0.659. The molecule has 0 bridgehead atoms. The average molecular weight is 212 g/mol. The summed E-state index contributed by atoms with van der Waals surface area (Å²) < 4.78 is 0. The molecule has 90 valence electrons. The van der Waals surface area contributed by atoms with Crippen molar-refractivity contribution in [2.24, 2.45) is 11.7 Å². The third-order valence-electron chi connectivity index (χ3n) is 3.76. The van der Waals surface area contributed by atoms with Gasteiger partial charge in [-0.3, -0.25) is 4.90 Å². The quantitative estimate of drug-likeness (QED) is 0.670. The summed E-state index contributed by atoms with van der Waals surface area (Å²) in [4.78, 5) is 2.67. The number of hydrogen-bond acceptors (Lipinski definition) is 2. The first kappa shape index (κ1) is 13.0. The number of nitrogens with two attached hydrogens (primary N) is 1. The normalized spacial score (nSPS) is 20.6. The van der Waals surface area contributed by atoms with Gasteiger partial charge in [-0.15, -0.1) is 0 Å². The largest absolute Gasteiger partial charge is 0.329 e. The first-order valence-electron chi connectivity index (χ1n) is 6.70. The first-order valence-corrected chi connectivity index (χ1v) is 6.70. The molecular formula is C13H28N2. The zero-order valence-corrected chi connectivity index (χ0v) is 10.7. The number of nitrogens with zero attached hydrogens (tertiary/aromatic N) is 1. The topological polar surface area (TPSA) is 29.3 Å². The van der Waals surface area contributed by atoms with Crippen molar-refractivity contribution in [3.05, 3.63) is 0 Å². The predicted molar refractivity (Wildman–Crippen MR) is 66.9 cm³/mol. The van der Waals surface area contributed by atoms with Crippen LogP contribution >= 0.6 is 0 Å². The minimum Gasteiger partial charge on any atom is -0.329 e. The molecule has 1 fully saturated rings. The maximum atomic E-state index is 5.94. The standard InChI is InChI=1S/C13H28N2/c1-4-6-9-15(11(3)5-2)13(10-14)12-7-8-12/h11-13H,4-10,14H2,1-3H3. The molecule has 1 rings (SSSR count). The Morgan fingerprint density at radius 2 is 2.00 bits per heavy atom. The molecule has 0 aromatic carbocycles. The van der Waals surface area contributed by atoms with E-state index in [1.165, 1.54) is 38.6 Å². The van der Waals surface area contributed by atoms with E-state index >= 15 is 0 Å². The molecule has 1 saturated carbocycles. The van der Waals surface area contributed by atoms with Crippen molar-refractivity contribution in [2.75, 3.05) is 13.1 Å². The zero-order valence-electron chi connectivity index (χ0n) is 10.7. The Morgan fingerprint density at radius 3 is 2.40 bits per heavy atom. The van der Waals surface area contributed by atoms with Crippen LogP contribution in [0.25, 0.3) is 0 Å². The molecule has 2 heteroatoms. The molecule has 1 aliphatic rings. The van der Waals surface area contributed by atoms with Gasteiger partial charge in [-0.05, 0) is 45.1 Å². The van der Waals surface area contributed by atoms with Crippen molar-refractivity contribution in [1.29, 1.82) is 0 Å². The van der Waals surface area contributed by atoms with Gasteiger partial charge in [0.15, 0.2) is 0 Å². The van der Waals surface area contributed by atoms with Gasteiger partial charge in [0, 0.05) is 18.6 Å². The fraction of sp³-hybridized carbons (Fsp3) is 1.00. The molecule has 1 aliphatic carbocycles. The second-order valence-corrected chi connectivity index (χ2v) is 4.99. The van der Waals surface area contributed by atoms with E-state index in [0.29, 0.717) is 12.1 Å². The van der Waals surface area contributed by atoms with E-state index in [-0.39, 0.29) is 0 Å². The van der Waals surface area contributed by atoms with Crippen molar-refractivity contribution in [3.63, 3.8) is 0 Å². The average Bonchev–Trinajstić information content (AvgIpc) is 3.07. The van der Waals surface area contributed by atoms with E-state index < -0.39 is 0 Å². The fourth-order valence-corrected chi connectivity index (χ4v) is 2.37. The molecule has 0 saturated heterocycles. The third kappa shape index (κ3) is 3.76. The molecule has 0 aliphatic heterocycles. The van der Waals surface area contributed by atoms with Gasteiger partial charge in [-0.25, -0.2) is 0 Å². The van der Waals surface area contributed by atoms with Crippen LogP contribution in [-0.2, 0) is 0 Å². The smallest absolute Gasteiger partial charge is 0.0249 e. The Morgan fingerprint density at radius 1 is 1.33 bits per heavy atom. The van der Waals surface area contributed by atoms with Crippen LogP contribution in [0.4, 0.5) is 0 Å². The van der Waals surface area contributed by atoms with Crippen LogP contribution in [0.15, 0.2) is 0 Å². The van der Waals surface area contributed by atoms with E-state index in [1.807, 2.05) is 0 Å². The van der Waals surface area contributed by atoms with Crippen LogP contribution in [0, 0.1) is 5.92 Å². The van der Waals surface area contributed by atoms with Crippen molar-refractivity contribution >= 4 is 0 Å². The summed E-state index contributed by atoms with van der Waals surface area (Å²) in [6.07, 6.45) is 6.65. The number of rotatable bonds is 8. The van der Waals surface area contributed by atoms with E-state index in [0.717, 1.165) is 12.5 Å². The fourth-order valence-electron chi connectivity index (χ4n) is 2.37. The summed E-state index contributed by atoms with van der Waals surface area (Å²) in [7, 11) is 0. The molecule has 0 aromatic rings. The Labute approximate surface area is 95.2 Å². The van der Waals surface area contributed by atoms with Crippen molar-refractivity contribution in [2.45, 2.75) is 65.0 Å². The van der Waals surface area contributed by atoms with Gasteiger partial charge in [-0.2, -0.15) is 0 Å². The van der Waals surface area contributed by atoms with Gasteiger partial charge in [0.25, 0.3) is 0 Å². The minimum absolute atomic E-state index is 0.659. The third-order valence-corrected chi connectivity index (χ3v) is 3.76. The summed E-state index contributed by atoms with van der Waals surface area (Å²) in [5.74, 6) is 0.904. The first-order chi connectivity index (χ1) is 7.24. The summed E-state index contributed by atoms with van der Waals surface area (Å²) in [5.41, 5.74) is 5.94. The van der Waals surface area contributed by atoms with E-state index in [1.54, 1.807) is 0 Å². The monoisotopic (exact) mass is 212 g/mol. The highest BCUT2D eigenvalue weighted by atomic mass is 15.2. The summed E-state index contributed by atoms with van der Waals surface area (Å²) in [6.45, 7) is 8.98. The summed E-state index contributed by atoms with van der Waals surface area (Å²) in [6, 6.07) is 1.36. The molecule has 0 aromatic heterocycles. The van der Waals surface area contributed by atoms with Crippen LogP contribution < -0.4 is 5.73 Å². The molecule has 0 spiro atoms. The van der Waals surface area contributed by atoms with Gasteiger partial charge in [-0.1, -0.05) is 20.3 Å². The molecule has 2 atom stereocenters. The summed E-state index contributed by atoms with van der Waals surface area (Å²) >= 11 is 0. The van der Waals surface area contributed by atoms with Crippen molar-refractivity contribution in [3.8, 4) is 0 Å². The molecule has 2 N–H and O–H groups in total. The molecule has 0 heterocycles. The van der Waals surface area contributed by atoms with E-state index in [9.17, 15) is 0 Å². The predicted octanol–water partition coefficient (Wildman–Crippen LogP) is 2.62. The highest BCUT2D eigenvalue weighted by Gasteiger charge is 2.35. The van der Waals surface area contributed by atoms with Crippen molar-refractivity contribution < 1.29 is 0 Å². The van der Waals surface area contributed by atoms with Crippen molar-refractivity contribution in [1.82, 2.24) is 4.90 Å².